The fourth-order valence-electron chi connectivity index (χ4n) is 0.937. The Labute approximate surface area is 68.1 Å². The van der Waals surface area contributed by atoms with Gasteiger partial charge in [-0.1, -0.05) is 13.3 Å². The van der Waals surface area contributed by atoms with Crippen LogP contribution in [0.5, 0.6) is 0 Å². The second-order valence-electron chi connectivity index (χ2n) is 2.60. The molecule has 3 heteroatoms. The maximum absolute atomic E-state index is 5.31. The third kappa shape index (κ3) is 3.70. The van der Waals surface area contributed by atoms with Crippen molar-refractivity contribution in [3.8, 4) is 0 Å². The standard InChI is InChI=1S/C8H16NO2/c1-2-3-4-9-8-7-10-5-6-11-8/h9H,2-7H2,1H3. The van der Waals surface area contributed by atoms with E-state index < -0.39 is 0 Å². The molecule has 1 radical (unpaired) electrons. The molecule has 0 aromatic heterocycles. The highest BCUT2D eigenvalue weighted by molar-refractivity contribution is 4.76. The van der Waals surface area contributed by atoms with Crippen LogP contribution < -0.4 is 5.32 Å². The molecule has 0 amide bonds. The topological polar surface area (TPSA) is 30.5 Å². The minimum atomic E-state index is 0.615. The quantitative estimate of drug-likeness (QED) is 0.617. The van der Waals surface area contributed by atoms with Crippen LogP contribution in [-0.4, -0.2) is 26.4 Å². The molecule has 0 spiro atoms. The minimum Gasteiger partial charge on any atom is -0.374 e. The number of ether oxygens (including phenoxy) is 2. The van der Waals surface area contributed by atoms with Crippen LogP contribution in [0, 0.1) is 6.23 Å². The predicted molar refractivity (Wildman–Crippen MR) is 42.9 cm³/mol. The smallest absolute Gasteiger partial charge is 0.187 e. The van der Waals surface area contributed by atoms with Crippen LogP contribution in [0.2, 0.25) is 0 Å². The van der Waals surface area contributed by atoms with E-state index in [0.29, 0.717) is 13.2 Å². The highest BCUT2D eigenvalue weighted by Gasteiger charge is 2.13. The van der Waals surface area contributed by atoms with E-state index in [0.717, 1.165) is 19.4 Å². The molecule has 0 aromatic carbocycles. The van der Waals surface area contributed by atoms with E-state index >= 15 is 0 Å². The molecule has 0 saturated carbocycles. The van der Waals surface area contributed by atoms with Gasteiger partial charge in [-0.05, 0) is 13.0 Å². The zero-order valence-electron chi connectivity index (χ0n) is 7.06. The van der Waals surface area contributed by atoms with Gasteiger partial charge in [0.25, 0.3) is 0 Å². The molecule has 1 N–H and O–H groups in total. The number of hydrogen-bond acceptors (Lipinski definition) is 3. The Morgan fingerprint density at radius 3 is 3.00 bits per heavy atom. The van der Waals surface area contributed by atoms with Crippen LogP contribution in [0.15, 0.2) is 0 Å². The van der Waals surface area contributed by atoms with Crippen molar-refractivity contribution in [1.29, 1.82) is 0 Å². The summed E-state index contributed by atoms with van der Waals surface area (Å²) >= 11 is 0. The Bertz CT molecular complexity index is 92.1. The lowest BCUT2D eigenvalue weighted by Crippen LogP contribution is -2.33. The predicted octanol–water partition coefficient (Wildman–Crippen LogP) is 0.912. The van der Waals surface area contributed by atoms with Crippen molar-refractivity contribution in [3.63, 3.8) is 0 Å². The van der Waals surface area contributed by atoms with E-state index in [1.807, 2.05) is 0 Å². The molecule has 1 rings (SSSR count). The summed E-state index contributed by atoms with van der Waals surface area (Å²) < 4.78 is 10.5. The largest absolute Gasteiger partial charge is 0.374 e. The Balaban J connectivity index is 1.96. The second-order valence-corrected chi connectivity index (χ2v) is 2.60. The van der Waals surface area contributed by atoms with Gasteiger partial charge in [0.1, 0.15) is 0 Å². The molecule has 1 fully saturated rings. The summed E-state index contributed by atoms with van der Waals surface area (Å²) in [6, 6.07) is 0. The lowest BCUT2D eigenvalue weighted by molar-refractivity contribution is -0.0403. The van der Waals surface area contributed by atoms with Gasteiger partial charge in [0.15, 0.2) is 6.23 Å². The van der Waals surface area contributed by atoms with E-state index in [9.17, 15) is 0 Å². The van der Waals surface area contributed by atoms with Crippen molar-refractivity contribution in [2.45, 2.75) is 19.8 Å². The number of unbranched alkanes of at least 4 members (excludes halogenated alkanes) is 1. The average molecular weight is 158 g/mol. The van der Waals surface area contributed by atoms with E-state index in [2.05, 4.69) is 12.2 Å². The van der Waals surface area contributed by atoms with Crippen molar-refractivity contribution in [2.75, 3.05) is 26.4 Å². The molecule has 65 valence electrons. The molecule has 0 aromatic rings. The van der Waals surface area contributed by atoms with Crippen LogP contribution >= 0.6 is 0 Å². The molecule has 1 heterocycles. The Hall–Kier alpha value is -0.120. The monoisotopic (exact) mass is 158 g/mol. The molecular weight excluding hydrogens is 142 g/mol. The Morgan fingerprint density at radius 2 is 2.36 bits per heavy atom. The van der Waals surface area contributed by atoms with Crippen LogP contribution in [0.1, 0.15) is 19.8 Å². The van der Waals surface area contributed by atoms with Gasteiger partial charge in [0.05, 0.1) is 19.8 Å². The summed E-state index contributed by atoms with van der Waals surface area (Å²) in [7, 11) is 0. The van der Waals surface area contributed by atoms with Crippen molar-refractivity contribution in [2.24, 2.45) is 0 Å². The van der Waals surface area contributed by atoms with Gasteiger partial charge in [-0.2, -0.15) is 0 Å². The van der Waals surface area contributed by atoms with E-state index in [4.69, 9.17) is 9.47 Å². The minimum absolute atomic E-state index is 0.615. The number of nitrogens with one attached hydrogen (secondary N) is 1. The first-order valence-electron chi connectivity index (χ1n) is 4.23. The SMILES string of the molecule is CCCCN[C]1COCCO1. The van der Waals surface area contributed by atoms with E-state index in [-0.39, 0.29) is 0 Å². The maximum Gasteiger partial charge on any atom is 0.187 e. The van der Waals surface area contributed by atoms with E-state index in [1.54, 1.807) is 0 Å². The third-order valence-corrected chi connectivity index (χ3v) is 1.59. The highest BCUT2D eigenvalue weighted by atomic mass is 16.6. The molecule has 0 bridgehead atoms. The first-order valence-corrected chi connectivity index (χ1v) is 4.23. The fourth-order valence-corrected chi connectivity index (χ4v) is 0.937. The summed E-state index contributed by atoms with van der Waals surface area (Å²) in [5.74, 6) is 0. The van der Waals surface area contributed by atoms with Gasteiger partial charge in [-0.3, -0.25) is 5.32 Å². The lowest BCUT2D eigenvalue weighted by atomic mass is 10.3. The van der Waals surface area contributed by atoms with Gasteiger partial charge >= 0.3 is 0 Å². The van der Waals surface area contributed by atoms with Gasteiger partial charge < -0.3 is 9.47 Å². The van der Waals surface area contributed by atoms with Crippen LogP contribution in [-0.2, 0) is 9.47 Å². The van der Waals surface area contributed by atoms with Crippen molar-refractivity contribution in [3.05, 3.63) is 6.23 Å². The summed E-state index contributed by atoms with van der Waals surface area (Å²) in [6.07, 6.45) is 3.29. The molecule has 1 saturated heterocycles. The second kappa shape index (κ2) is 5.52. The molecule has 0 atom stereocenters. The number of rotatable bonds is 4. The summed E-state index contributed by atoms with van der Waals surface area (Å²) in [5.41, 5.74) is 0. The van der Waals surface area contributed by atoms with Gasteiger partial charge in [-0.25, -0.2) is 0 Å². The van der Waals surface area contributed by atoms with Gasteiger partial charge in [-0.15, -0.1) is 0 Å². The van der Waals surface area contributed by atoms with Crippen molar-refractivity contribution >= 4 is 0 Å². The Morgan fingerprint density at radius 1 is 1.45 bits per heavy atom. The van der Waals surface area contributed by atoms with Crippen LogP contribution in [0.25, 0.3) is 0 Å². The molecule has 1 aliphatic heterocycles. The first kappa shape index (κ1) is 8.97. The van der Waals surface area contributed by atoms with Gasteiger partial charge in [0, 0.05) is 0 Å². The van der Waals surface area contributed by atoms with Crippen LogP contribution in [0.3, 0.4) is 0 Å². The number of hydrogen-bond donors (Lipinski definition) is 1. The zero-order chi connectivity index (χ0) is 7.94. The molecule has 11 heavy (non-hydrogen) atoms. The zero-order valence-corrected chi connectivity index (χ0v) is 7.06. The molecular formula is C8H16NO2. The molecule has 0 unspecified atom stereocenters. The lowest BCUT2D eigenvalue weighted by Gasteiger charge is -2.22. The average Bonchev–Trinajstić information content (AvgIpc) is 2.07. The van der Waals surface area contributed by atoms with E-state index in [1.165, 1.54) is 12.8 Å². The fraction of sp³-hybridized carbons (Fsp3) is 0.875. The molecule has 3 nitrogen and oxygen atoms in total. The normalized spacial score (nSPS) is 20.5. The summed E-state index contributed by atoms with van der Waals surface area (Å²) in [5, 5.41) is 3.19. The molecule has 1 aliphatic rings. The van der Waals surface area contributed by atoms with Crippen molar-refractivity contribution in [1.82, 2.24) is 5.32 Å². The van der Waals surface area contributed by atoms with Crippen LogP contribution in [0.4, 0.5) is 0 Å². The van der Waals surface area contributed by atoms with Crippen molar-refractivity contribution < 1.29 is 9.47 Å². The maximum atomic E-state index is 5.31. The summed E-state index contributed by atoms with van der Waals surface area (Å²) in [6.45, 7) is 5.19. The summed E-state index contributed by atoms with van der Waals surface area (Å²) in [4.78, 5) is 0. The third-order valence-electron chi connectivity index (χ3n) is 1.59. The highest BCUT2D eigenvalue weighted by Crippen LogP contribution is 2.04. The first-order chi connectivity index (χ1) is 5.43. The Kier molecular flexibility index (Phi) is 4.50. The van der Waals surface area contributed by atoms with Gasteiger partial charge in [0.2, 0.25) is 0 Å². The molecule has 0 aliphatic carbocycles.